The summed E-state index contributed by atoms with van der Waals surface area (Å²) in [7, 11) is -3.73. The zero-order valence-corrected chi connectivity index (χ0v) is 11.8. The molecule has 0 atom stereocenters. The molecule has 1 aromatic rings. The summed E-state index contributed by atoms with van der Waals surface area (Å²) in [5, 5.41) is 11.3. The fourth-order valence-corrected chi connectivity index (χ4v) is 2.96. The number of aromatic nitrogens is 2. The van der Waals surface area contributed by atoms with Crippen LogP contribution in [0.15, 0.2) is 22.7 Å². The standard InChI is InChI=1S/C10H19N5O3S/c1-3-5-15(6-9(11)13-16)19(17,18)10-7-14(4-2)8-12-10/h7-8,16H,3-6H2,1-2H3,(H2,11,13). The van der Waals surface area contributed by atoms with E-state index in [-0.39, 0.29) is 24.0 Å². The van der Waals surface area contributed by atoms with E-state index in [1.54, 1.807) is 4.57 Å². The van der Waals surface area contributed by atoms with Crippen molar-refractivity contribution in [3.05, 3.63) is 12.5 Å². The lowest BCUT2D eigenvalue weighted by Gasteiger charge is -2.19. The largest absolute Gasteiger partial charge is 0.409 e. The van der Waals surface area contributed by atoms with Crippen LogP contribution in [-0.4, -0.2) is 46.4 Å². The van der Waals surface area contributed by atoms with Crippen LogP contribution in [0.25, 0.3) is 0 Å². The molecule has 8 nitrogen and oxygen atoms in total. The van der Waals surface area contributed by atoms with E-state index in [1.807, 2.05) is 13.8 Å². The van der Waals surface area contributed by atoms with E-state index in [0.29, 0.717) is 13.0 Å². The Morgan fingerprint density at radius 1 is 1.58 bits per heavy atom. The summed E-state index contributed by atoms with van der Waals surface area (Å²) in [6.45, 7) is 4.48. The first kappa shape index (κ1) is 15.4. The molecule has 0 saturated heterocycles. The van der Waals surface area contributed by atoms with Crippen molar-refractivity contribution >= 4 is 15.9 Å². The fraction of sp³-hybridized carbons (Fsp3) is 0.600. The number of hydrogen-bond donors (Lipinski definition) is 2. The normalized spacial score (nSPS) is 13.1. The van der Waals surface area contributed by atoms with E-state index in [1.165, 1.54) is 12.5 Å². The molecule has 0 spiro atoms. The second kappa shape index (κ2) is 6.53. The predicted octanol–water partition coefficient (Wildman–Crippen LogP) is 0.0501. The van der Waals surface area contributed by atoms with Crippen molar-refractivity contribution < 1.29 is 13.6 Å². The molecule has 1 heterocycles. The van der Waals surface area contributed by atoms with Gasteiger partial charge in [-0.3, -0.25) is 0 Å². The SMILES string of the molecule is CCCN(CC(N)=NO)S(=O)(=O)c1cn(CC)cn1. The molecule has 0 aliphatic heterocycles. The van der Waals surface area contributed by atoms with Gasteiger partial charge in [0.2, 0.25) is 0 Å². The number of amidine groups is 1. The van der Waals surface area contributed by atoms with Gasteiger partial charge in [-0.2, -0.15) is 4.31 Å². The van der Waals surface area contributed by atoms with E-state index in [9.17, 15) is 8.42 Å². The van der Waals surface area contributed by atoms with Crippen LogP contribution in [0.4, 0.5) is 0 Å². The van der Waals surface area contributed by atoms with E-state index in [4.69, 9.17) is 10.9 Å². The highest BCUT2D eigenvalue weighted by Gasteiger charge is 2.27. The maximum Gasteiger partial charge on any atom is 0.262 e. The highest BCUT2D eigenvalue weighted by Crippen LogP contribution is 2.13. The number of hydrogen-bond acceptors (Lipinski definition) is 5. The monoisotopic (exact) mass is 289 g/mol. The Morgan fingerprint density at radius 3 is 2.74 bits per heavy atom. The van der Waals surface area contributed by atoms with Gasteiger partial charge in [0.15, 0.2) is 10.9 Å². The number of rotatable bonds is 7. The van der Waals surface area contributed by atoms with Crippen molar-refractivity contribution in [3.63, 3.8) is 0 Å². The van der Waals surface area contributed by atoms with Crippen LogP contribution in [0, 0.1) is 0 Å². The lowest BCUT2D eigenvalue weighted by Crippen LogP contribution is -2.39. The molecule has 0 aliphatic carbocycles. The fourth-order valence-electron chi connectivity index (χ4n) is 1.52. The van der Waals surface area contributed by atoms with Crippen molar-refractivity contribution in [2.45, 2.75) is 31.8 Å². The molecule has 108 valence electrons. The van der Waals surface area contributed by atoms with E-state index >= 15 is 0 Å². The quantitative estimate of drug-likeness (QED) is 0.318. The van der Waals surface area contributed by atoms with E-state index in [2.05, 4.69) is 10.1 Å². The Balaban J connectivity index is 3.05. The minimum absolute atomic E-state index is 0.0338. The first-order valence-electron chi connectivity index (χ1n) is 5.94. The molecule has 3 N–H and O–H groups in total. The van der Waals surface area contributed by atoms with Gasteiger partial charge in [-0.25, -0.2) is 13.4 Å². The minimum Gasteiger partial charge on any atom is -0.409 e. The maximum atomic E-state index is 12.4. The average molecular weight is 289 g/mol. The number of oxime groups is 1. The first-order chi connectivity index (χ1) is 8.95. The molecule has 0 unspecified atom stereocenters. The third-order valence-corrected chi connectivity index (χ3v) is 4.25. The van der Waals surface area contributed by atoms with E-state index < -0.39 is 10.0 Å². The number of nitrogens with zero attached hydrogens (tertiary/aromatic N) is 4. The van der Waals surface area contributed by atoms with Gasteiger partial charge in [-0.1, -0.05) is 12.1 Å². The van der Waals surface area contributed by atoms with Crippen molar-refractivity contribution in [3.8, 4) is 0 Å². The Morgan fingerprint density at radius 2 is 2.26 bits per heavy atom. The van der Waals surface area contributed by atoms with Gasteiger partial charge in [-0.15, -0.1) is 0 Å². The van der Waals surface area contributed by atoms with Crippen LogP contribution < -0.4 is 5.73 Å². The Bertz CT molecular complexity index is 537. The molecule has 1 aromatic heterocycles. The van der Waals surface area contributed by atoms with Gasteiger partial charge in [0.05, 0.1) is 12.9 Å². The number of aryl methyl sites for hydroxylation is 1. The molecule has 0 saturated carbocycles. The molecule has 1 rings (SSSR count). The van der Waals surface area contributed by atoms with Crippen LogP contribution in [0.5, 0.6) is 0 Å². The maximum absolute atomic E-state index is 12.4. The Labute approximate surface area is 112 Å². The Kier molecular flexibility index (Phi) is 5.31. The van der Waals surface area contributed by atoms with Crippen molar-refractivity contribution in [2.75, 3.05) is 13.1 Å². The third kappa shape index (κ3) is 3.67. The summed E-state index contributed by atoms with van der Waals surface area (Å²) in [5.41, 5.74) is 5.38. The zero-order chi connectivity index (χ0) is 14.5. The van der Waals surface area contributed by atoms with Gasteiger partial charge < -0.3 is 15.5 Å². The summed E-state index contributed by atoms with van der Waals surface area (Å²) in [5.74, 6) is -0.160. The van der Waals surface area contributed by atoms with Crippen LogP contribution in [0.3, 0.4) is 0 Å². The molecule has 0 aliphatic rings. The lowest BCUT2D eigenvalue weighted by atomic mass is 10.4. The van der Waals surface area contributed by atoms with Crippen LogP contribution in [0.1, 0.15) is 20.3 Å². The molecular formula is C10H19N5O3S. The van der Waals surface area contributed by atoms with Crippen LogP contribution >= 0.6 is 0 Å². The molecule has 0 fully saturated rings. The highest BCUT2D eigenvalue weighted by molar-refractivity contribution is 7.89. The molecule has 0 radical (unpaired) electrons. The second-order valence-electron chi connectivity index (χ2n) is 3.97. The van der Waals surface area contributed by atoms with Crippen molar-refractivity contribution in [1.82, 2.24) is 13.9 Å². The summed E-state index contributed by atoms with van der Waals surface area (Å²) in [6.07, 6.45) is 3.54. The summed E-state index contributed by atoms with van der Waals surface area (Å²) in [4.78, 5) is 3.89. The smallest absolute Gasteiger partial charge is 0.262 e. The molecule has 0 amide bonds. The van der Waals surface area contributed by atoms with Gasteiger partial charge >= 0.3 is 0 Å². The van der Waals surface area contributed by atoms with Crippen LogP contribution in [0.2, 0.25) is 0 Å². The number of sulfonamides is 1. The molecular weight excluding hydrogens is 270 g/mol. The van der Waals surface area contributed by atoms with E-state index in [0.717, 1.165) is 4.31 Å². The molecule has 19 heavy (non-hydrogen) atoms. The van der Waals surface area contributed by atoms with Gasteiger partial charge in [-0.05, 0) is 13.3 Å². The lowest BCUT2D eigenvalue weighted by molar-refractivity contribution is 0.314. The number of imidazole rings is 1. The minimum atomic E-state index is -3.73. The molecule has 9 heteroatoms. The highest BCUT2D eigenvalue weighted by atomic mass is 32.2. The summed E-state index contributed by atoms with van der Waals surface area (Å²) >= 11 is 0. The van der Waals surface area contributed by atoms with Crippen molar-refractivity contribution in [2.24, 2.45) is 10.9 Å². The summed E-state index contributed by atoms with van der Waals surface area (Å²) in [6, 6.07) is 0. The Hall–Kier alpha value is -1.61. The van der Waals surface area contributed by atoms with Crippen molar-refractivity contribution in [1.29, 1.82) is 0 Å². The van der Waals surface area contributed by atoms with Crippen LogP contribution in [-0.2, 0) is 16.6 Å². The average Bonchev–Trinajstić information content (AvgIpc) is 2.87. The van der Waals surface area contributed by atoms with Gasteiger partial charge in [0.25, 0.3) is 10.0 Å². The first-order valence-corrected chi connectivity index (χ1v) is 7.38. The molecule has 0 bridgehead atoms. The third-order valence-electron chi connectivity index (χ3n) is 2.52. The second-order valence-corrected chi connectivity index (χ2v) is 5.86. The number of nitrogens with two attached hydrogens (primary N) is 1. The molecule has 0 aromatic carbocycles. The predicted molar refractivity (Wildman–Crippen MR) is 70.4 cm³/mol. The van der Waals surface area contributed by atoms with Gasteiger partial charge in [0, 0.05) is 19.3 Å². The van der Waals surface area contributed by atoms with Gasteiger partial charge in [0.1, 0.15) is 0 Å². The topological polar surface area (TPSA) is 114 Å². The zero-order valence-electron chi connectivity index (χ0n) is 11.0. The summed E-state index contributed by atoms with van der Waals surface area (Å²) < 4.78 is 27.5.